The molecule has 1 aromatic carbocycles. The van der Waals surface area contributed by atoms with Gasteiger partial charge in [0, 0.05) is 24.5 Å². The Hall–Kier alpha value is -1.24. The lowest BCUT2D eigenvalue weighted by Crippen LogP contribution is -2.25. The molecule has 1 aromatic rings. The molecular weight excluding hydrogens is 255 g/mol. The van der Waals surface area contributed by atoms with E-state index in [2.05, 4.69) is 11.8 Å². The fourth-order valence-electron chi connectivity index (χ4n) is 1.82. The van der Waals surface area contributed by atoms with Crippen LogP contribution in [0.15, 0.2) is 18.2 Å². The highest BCUT2D eigenvalue weighted by atomic mass is 35.5. The van der Waals surface area contributed by atoms with E-state index in [1.807, 2.05) is 0 Å². The maximum absolute atomic E-state index is 13.4. The van der Waals surface area contributed by atoms with Crippen LogP contribution in [0.2, 0.25) is 0 Å². The second kappa shape index (κ2) is 6.63. The average Bonchev–Trinajstić information content (AvgIpc) is 2.37. The fraction of sp³-hybridized carbons (Fsp3) is 0.429. The topological polar surface area (TPSA) is 18.5 Å². The lowest BCUT2D eigenvalue weighted by atomic mass is 10.1. The van der Waals surface area contributed by atoms with Crippen molar-refractivity contribution in [3.8, 4) is 17.6 Å². The van der Waals surface area contributed by atoms with Crippen LogP contribution < -0.4 is 4.74 Å². The number of hydrogen-bond acceptors (Lipinski definition) is 2. The molecule has 1 heterocycles. The number of ether oxygens (including phenoxy) is 2. The highest BCUT2D eigenvalue weighted by Crippen LogP contribution is 2.20. The zero-order valence-electron chi connectivity index (χ0n) is 9.92. The number of rotatable bonds is 2. The number of halogens is 2. The molecule has 1 aliphatic rings. The standard InChI is InChI=1S/C14H14ClFO2/c15-5-1-2-11-8-12(16)10-14(9-11)18-13-3-6-17-7-4-13/h8-10,13H,3-7H2. The minimum absolute atomic E-state index is 0.0920. The highest BCUT2D eigenvalue weighted by Gasteiger charge is 2.15. The van der Waals surface area contributed by atoms with E-state index < -0.39 is 0 Å². The third-order valence-electron chi connectivity index (χ3n) is 2.64. The van der Waals surface area contributed by atoms with Crippen molar-refractivity contribution in [2.24, 2.45) is 0 Å². The van der Waals surface area contributed by atoms with E-state index in [0.717, 1.165) is 12.8 Å². The molecule has 0 saturated carbocycles. The molecule has 2 rings (SSSR count). The van der Waals surface area contributed by atoms with Crippen molar-refractivity contribution in [2.75, 3.05) is 19.1 Å². The molecule has 1 saturated heterocycles. The molecule has 0 atom stereocenters. The van der Waals surface area contributed by atoms with Gasteiger partial charge >= 0.3 is 0 Å². The first-order chi connectivity index (χ1) is 8.78. The van der Waals surface area contributed by atoms with Gasteiger partial charge in [0.15, 0.2) is 0 Å². The first-order valence-corrected chi connectivity index (χ1v) is 6.41. The summed E-state index contributed by atoms with van der Waals surface area (Å²) in [5.74, 6) is 5.88. The third kappa shape index (κ3) is 3.90. The Balaban J connectivity index is 2.09. The zero-order chi connectivity index (χ0) is 12.8. The monoisotopic (exact) mass is 268 g/mol. The van der Waals surface area contributed by atoms with E-state index >= 15 is 0 Å². The highest BCUT2D eigenvalue weighted by molar-refractivity contribution is 6.19. The van der Waals surface area contributed by atoms with Crippen molar-refractivity contribution >= 4 is 11.6 Å². The minimum Gasteiger partial charge on any atom is -0.490 e. The van der Waals surface area contributed by atoms with Crippen LogP contribution >= 0.6 is 11.6 Å². The van der Waals surface area contributed by atoms with Gasteiger partial charge in [0.05, 0.1) is 19.1 Å². The van der Waals surface area contributed by atoms with Gasteiger partial charge in [-0.15, -0.1) is 11.6 Å². The van der Waals surface area contributed by atoms with E-state index in [4.69, 9.17) is 21.1 Å². The summed E-state index contributed by atoms with van der Waals surface area (Å²) in [6.07, 6.45) is 1.76. The molecule has 0 amide bonds. The Bertz CT molecular complexity index is 459. The van der Waals surface area contributed by atoms with Crippen molar-refractivity contribution < 1.29 is 13.9 Å². The summed E-state index contributed by atoms with van der Waals surface area (Å²) in [5, 5.41) is 0. The van der Waals surface area contributed by atoms with Gasteiger partial charge in [-0.3, -0.25) is 0 Å². The summed E-state index contributed by atoms with van der Waals surface area (Å²) in [4.78, 5) is 0. The maximum atomic E-state index is 13.4. The van der Waals surface area contributed by atoms with Crippen LogP contribution in [0.5, 0.6) is 5.75 Å². The zero-order valence-corrected chi connectivity index (χ0v) is 10.7. The van der Waals surface area contributed by atoms with Gasteiger partial charge in [-0.05, 0) is 12.1 Å². The summed E-state index contributed by atoms with van der Waals surface area (Å²) < 4.78 is 24.4. The smallest absolute Gasteiger partial charge is 0.128 e. The molecule has 96 valence electrons. The molecule has 18 heavy (non-hydrogen) atoms. The Labute approximate surface area is 111 Å². The van der Waals surface area contributed by atoms with E-state index in [1.54, 1.807) is 6.07 Å². The molecule has 4 heteroatoms. The van der Waals surface area contributed by atoms with Crippen LogP contribution in [0.1, 0.15) is 18.4 Å². The van der Waals surface area contributed by atoms with E-state index in [1.165, 1.54) is 12.1 Å². The predicted molar refractivity (Wildman–Crippen MR) is 68.5 cm³/mol. The Morgan fingerprint density at radius 3 is 2.83 bits per heavy atom. The van der Waals surface area contributed by atoms with Crippen molar-refractivity contribution in [3.63, 3.8) is 0 Å². The van der Waals surface area contributed by atoms with Gasteiger partial charge < -0.3 is 9.47 Å². The molecule has 0 aromatic heterocycles. The van der Waals surface area contributed by atoms with Crippen LogP contribution in [-0.2, 0) is 4.74 Å². The minimum atomic E-state index is -0.349. The molecule has 1 aliphatic heterocycles. The van der Waals surface area contributed by atoms with Crippen LogP contribution in [0.25, 0.3) is 0 Å². The van der Waals surface area contributed by atoms with Gasteiger partial charge in [0.25, 0.3) is 0 Å². The lowest BCUT2D eigenvalue weighted by Gasteiger charge is -2.23. The molecule has 0 spiro atoms. The number of hydrogen-bond donors (Lipinski definition) is 0. The van der Waals surface area contributed by atoms with Gasteiger partial charge in [0.2, 0.25) is 0 Å². The van der Waals surface area contributed by atoms with Crippen molar-refractivity contribution in [3.05, 3.63) is 29.6 Å². The summed E-state index contributed by atoms with van der Waals surface area (Å²) in [6, 6.07) is 4.48. The normalized spacial score (nSPS) is 15.9. The predicted octanol–water partition coefficient (Wildman–Crippen LogP) is 2.97. The summed E-state index contributed by atoms with van der Waals surface area (Å²) in [6.45, 7) is 1.39. The summed E-state index contributed by atoms with van der Waals surface area (Å²) in [5.41, 5.74) is 0.581. The first kappa shape index (κ1) is 13.2. The van der Waals surface area contributed by atoms with Crippen molar-refractivity contribution in [2.45, 2.75) is 18.9 Å². The SMILES string of the molecule is Fc1cc(C#CCCl)cc(OC2CCOCC2)c1. The van der Waals surface area contributed by atoms with Crippen molar-refractivity contribution in [1.29, 1.82) is 0 Å². The van der Waals surface area contributed by atoms with E-state index in [-0.39, 0.29) is 17.8 Å². The molecular formula is C14H14ClFO2. The maximum Gasteiger partial charge on any atom is 0.128 e. The van der Waals surface area contributed by atoms with Crippen LogP contribution in [-0.4, -0.2) is 25.2 Å². The molecule has 1 fully saturated rings. The second-order valence-corrected chi connectivity index (χ2v) is 4.31. The average molecular weight is 269 g/mol. The fourth-order valence-corrected chi connectivity index (χ4v) is 1.89. The lowest BCUT2D eigenvalue weighted by molar-refractivity contribution is 0.0254. The van der Waals surface area contributed by atoms with Crippen LogP contribution in [0, 0.1) is 17.7 Å². The Morgan fingerprint density at radius 1 is 1.33 bits per heavy atom. The van der Waals surface area contributed by atoms with Gasteiger partial charge in [0.1, 0.15) is 17.7 Å². The first-order valence-electron chi connectivity index (χ1n) is 5.88. The second-order valence-electron chi connectivity index (χ2n) is 4.04. The van der Waals surface area contributed by atoms with Crippen LogP contribution in [0.3, 0.4) is 0 Å². The Morgan fingerprint density at radius 2 is 2.11 bits per heavy atom. The summed E-state index contributed by atoms with van der Waals surface area (Å²) in [7, 11) is 0. The molecule has 0 N–H and O–H groups in total. The van der Waals surface area contributed by atoms with Gasteiger partial charge in [-0.2, -0.15) is 0 Å². The summed E-state index contributed by atoms with van der Waals surface area (Å²) >= 11 is 5.47. The van der Waals surface area contributed by atoms with Gasteiger partial charge in [-0.25, -0.2) is 4.39 Å². The van der Waals surface area contributed by atoms with E-state index in [0.29, 0.717) is 24.5 Å². The molecule has 0 bridgehead atoms. The molecule has 0 unspecified atom stereocenters. The van der Waals surface area contributed by atoms with E-state index in [9.17, 15) is 4.39 Å². The largest absolute Gasteiger partial charge is 0.490 e. The number of benzene rings is 1. The Kier molecular flexibility index (Phi) is 4.86. The quantitative estimate of drug-likeness (QED) is 0.606. The third-order valence-corrected chi connectivity index (χ3v) is 2.78. The van der Waals surface area contributed by atoms with Crippen LogP contribution in [0.4, 0.5) is 4.39 Å². The molecule has 0 radical (unpaired) electrons. The van der Waals surface area contributed by atoms with Gasteiger partial charge in [-0.1, -0.05) is 11.8 Å². The molecule has 2 nitrogen and oxygen atoms in total. The number of alkyl halides is 1. The van der Waals surface area contributed by atoms with Crippen molar-refractivity contribution in [1.82, 2.24) is 0 Å². The molecule has 0 aliphatic carbocycles.